The van der Waals surface area contributed by atoms with Crippen LogP contribution >= 0.6 is 7.82 Å². The number of aliphatic hydroxyl groups excluding tert-OH is 1. The Morgan fingerprint density at radius 3 is 1.48 bits per heavy atom. The van der Waals surface area contributed by atoms with E-state index in [-0.39, 0.29) is 37.9 Å². The van der Waals surface area contributed by atoms with Crippen LogP contribution in [-0.2, 0) is 63.6 Å². The van der Waals surface area contributed by atoms with E-state index in [9.17, 15) is 14.5 Å². The van der Waals surface area contributed by atoms with Gasteiger partial charge in [0, 0.05) is 0 Å². The summed E-state index contributed by atoms with van der Waals surface area (Å²) in [7, 11) is -4.35. The molecule has 0 aliphatic carbocycles. The molecule has 1 N–H and O–H groups in total. The average Bonchev–Trinajstić information content (AvgIpc) is 3.39. The van der Waals surface area contributed by atoms with E-state index in [1.807, 2.05) is 97.1 Å². The van der Waals surface area contributed by atoms with E-state index in [1.165, 1.54) is 0 Å². The van der Waals surface area contributed by atoms with Crippen LogP contribution in [0.25, 0.3) is 0 Å². The minimum absolute atomic E-state index is 0.00602. The van der Waals surface area contributed by atoms with Crippen molar-refractivity contribution in [3.63, 3.8) is 0 Å². The number of rotatable bonds is 16. The number of carbonyl (C=O) groups is 1. The zero-order valence-corrected chi connectivity index (χ0v) is 24.8. The predicted molar refractivity (Wildman–Crippen MR) is 161 cm³/mol. The van der Waals surface area contributed by atoms with Crippen LogP contribution in [-0.4, -0.2) is 29.9 Å². The van der Waals surface area contributed by atoms with E-state index in [2.05, 4.69) is 0 Å². The third kappa shape index (κ3) is 8.66. The zero-order chi connectivity index (χ0) is 30.6. The molecule has 44 heavy (non-hydrogen) atoms. The Balaban J connectivity index is 1.39. The van der Waals surface area contributed by atoms with Gasteiger partial charge in [-0.15, -0.1) is 0 Å². The molecule has 0 unspecified atom stereocenters. The molecule has 4 aromatic carbocycles. The molecular weight excluding hydrogens is 583 g/mol. The van der Waals surface area contributed by atoms with Crippen molar-refractivity contribution in [1.29, 1.82) is 0 Å². The van der Waals surface area contributed by atoms with Gasteiger partial charge >= 0.3 is 13.8 Å². The molecule has 0 spiro atoms. The lowest BCUT2D eigenvalue weighted by Gasteiger charge is -2.27. The maximum absolute atomic E-state index is 14.0. The number of ether oxygens (including phenoxy) is 3. The second-order valence-corrected chi connectivity index (χ2v) is 11.5. The molecule has 1 heterocycles. The highest BCUT2D eigenvalue weighted by Gasteiger charge is 2.46. The number of aliphatic hydroxyl groups is 1. The molecule has 0 saturated carbocycles. The molecule has 0 aromatic heterocycles. The lowest BCUT2D eigenvalue weighted by atomic mass is 10.1. The van der Waals surface area contributed by atoms with Crippen molar-refractivity contribution in [2.45, 2.75) is 38.6 Å². The van der Waals surface area contributed by atoms with Crippen LogP contribution < -0.4 is 0 Å². The Labute approximate surface area is 256 Å². The molecule has 0 saturated heterocycles. The normalized spacial score (nSPS) is 15.6. The van der Waals surface area contributed by atoms with Crippen LogP contribution in [0.5, 0.6) is 0 Å². The number of benzene rings is 4. The molecule has 9 nitrogen and oxygen atoms in total. The second-order valence-electron chi connectivity index (χ2n) is 9.86. The molecular formula is C34H33O9P. The van der Waals surface area contributed by atoms with Crippen molar-refractivity contribution >= 4 is 13.8 Å². The molecule has 2 atom stereocenters. The quantitative estimate of drug-likeness (QED) is 0.112. The number of phosphoric ester groups is 1. The number of cyclic esters (lactones) is 1. The molecule has 0 amide bonds. The zero-order valence-electron chi connectivity index (χ0n) is 23.9. The van der Waals surface area contributed by atoms with E-state index >= 15 is 0 Å². The number of esters is 1. The third-order valence-electron chi connectivity index (χ3n) is 6.61. The van der Waals surface area contributed by atoms with Crippen LogP contribution in [0.4, 0.5) is 0 Å². The molecule has 10 heteroatoms. The topological polar surface area (TPSA) is 110 Å². The van der Waals surface area contributed by atoms with E-state index in [1.54, 1.807) is 24.3 Å². The average molecular weight is 617 g/mol. The van der Waals surface area contributed by atoms with Crippen LogP contribution in [0.1, 0.15) is 22.3 Å². The van der Waals surface area contributed by atoms with Gasteiger partial charge in [-0.05, 0) is 22.3 Å². The number of carbonyl (C=O) groups excluding carboxylic acids is 1. The number of phosphoric acid groups is 1. The maximum atomic E-state index is 14.0. The molecule has 0 fully saturated rings. The second kappa shape index (κ2) is 15.5. The summed E-state index contributed by atoms with van der Waals surface area (Å²) < 4.78 is 48.9. The first-order chi connectivity index (χ1) is 21.5. The standard InChI is InChI=1S/C34H33O9P/c35-21-30(43-44(37,40-24-28-17-9-3-10-18-28)41-25-29-19-11-4-12-20-29)31-32(38-22-26-13-5-1-6-14-26)33(34(36)42-31)39-23-27-15-7-2-8-16-27/h1-20,30-31,35H,21-25H2/t30-,31+/m0/s1. The van der Waals surface area contributed by atoms with Gasteiger partial charge in [0.2, 0.25) is 5.76 Å². The van der Waals surface area contributed by atoms with Crippen molar-refractivity contribution < 1.29 is 42.2 Å². The Morgan fingerprint density at radius 2 is 1.05 bits per heavy atom. The molecule has 4 aromatic rings. The van der Waals surface area contributed by atoms with Crippen molar-refractivity contribution in [1.82, 2.24) is 0 Å². The van der Waals surface area contributed by atoms with Crippen molar-refractivity contribution in [2.75, 3.05) is 6.61 Å². The van der Waals surface area contributed by atoms with Crippen molar-refractivity contribution in [3.05, 3.63) is 155 Å². The van der Waals surface area contributed by atoms with Gasteiger partial charge < -0.3 is 19.3 Å². The summed E-state index contributed by atoms with van der Waals surface area (Å²) >= 11 is 0. The van der Waals surface area contributed by atoms with Crippen LogP contribution in [0.3, 0.4) is 0 Å². The minimum Gasteiger partial charge on any atom is -0.485 e. The first-order valence-electron chi connectivity index (χ1n) is 14.1. The van der Waals surface area contributed by atoms with E-state index in [0.717, 1.165) is 22.3 Å². The van der Waals surface area contributed by atoms with Crippen LogP contribution in [0.2, 0.25) is 0 Å². The molecule has 1 aliphatic rings. The first-order valence-corrected chi connectivity index (χ1v) is 15.5. The highest BCUT2D eigenvalue weighted by Crippen LogP contribution is 2.53. The Morgan fingerprint density at radius 1 is 0.636 bits per heavy atom. The fraction of sp³-hybridized carbons (Fsp3) is 0.206. The van der Waals surface area contributed by atoms with Gasteiger partial charge in [-0.2, -0.15) is 0 Å². The van der Waals surface area contributed by atoms with Crippen LogP contribution in [0.15, 0.2) is 133 Å². The Kier molecular flexibility index (Phi) is 11.0. The third-order valence-corrected chi connectivity index (χ3v) is 8.03. The van der Waals surface area contributed by atoms with Gasteiger partial charge in [-0.25, -0.2) is 9.36 Å². The largest absolute Gasteiger partial charge is 0.485 e. The lowest BCUT2D eigenvalue weighted by Crippen LogP contribution is -2.35. The molecule has 5 rings (SSSR count). The smallest absolute Gasteiger partial charge is 0.475 e. The summed E-state index contributed by atoms with van der Waals surface area (Å²) in [6, 6.07) is 36.8. The molecule has 0 radical (unpaired) electrons. The molecule has 0 bridgehead atoms. The number of hydrogen-bond donors (Lipinski definition) is 1. The Bertz CT molecular complexity index is 1500. The highest BCUT2D eigenvalue weighted by molar-refractivity contribution is 7.48. The lowest BCUT2D eigenvalue weighted by molar-refractivity contribution is -0.148. The highest BCUT2D eigenvalue weighted by atomic mass is 31.2. The minimum atomic E-state index is -4.35. The van der Waals surface area contributed by atoms with E-state index < -0.39 is 32.6 Å². The van der Waals surface area contributed by atoms with Gasteiger partial charge in [-0.1, -0.05) is 121 Å². The van der Waals surface area contributed by atoms with Crippen LogP contribution in [0, 0.1) is 0 Å². The number of hydrogen-bond acceptors (Lipinski definition) is 9. The first kappa shape index (κ1) is 31.2. The van der Waals surface area contributed by atoms with Crippen molar-refractivity contribution in [3.8, 4) is 0 Å². The summed E-state index contributed by atoms with van der Waals surface area (Å²) in [5.74, 6) is -0.963. The van der Waals surface area contributed by atoms with Gasteiger partial charge in [0.25, 0.3) is 0 Å². The van der Waals surface area contributed by atoms with Gasteiger partial charge in [-0.3, -0.25) is 13.6 Å². The van der Waals surface area contributed by atoms with Crippen molar-refractivity contribution in [2.24, 2.45) is 0 Å². The summed E-state index contributed by atoms with van der Waals surface area (Å²) in [6.45, 7) is -0.732. The summed E-state index contributed by atoms with van der Waals surface area (Å²) in [6.07, 6.45) is -2.67. The van der Waals surface area contributed by atoms with E-state index in [0.29, 0.717) is 0 Å². The van der Waals surface area contributed by atoms with Gasteiger partial charge in [0.15, 0.2) is 11.9 Å². The fourth-order valence-corrected chi connectivity index (χ4v) is 5.66. The molecule has 1 aliphatic heterocycles. The van der Waals surface area contributed by atoms with Gasteiger partial charge in [0.05, 0.1) is 19.8 Å². The SMILES string of the molecule is O=C1O[C@H]([C@H](CO)OP(=O)(OCc2ccccc2)OCc2ccccc2)C(OCc2ccccc2)=C1OCc1ccccc1. The summed E-state index contributed by atoms with van der Waals surface area (Å²) in [4.78, 5) is 13.1. The summed E-state index contributed by atoms with van der Waals surface area (Å²) in [5.41, 5.74) is 3.11. The predicted octanol–water partition coefficient (Wildman–Crippen LogP) is 6.48. The maximum Gasteiger partial charge on any atom is 0.475 e. The molecule has 228 valence electrons. The monoisotopic (exact) mass is 616 g/mol. The summed E-state index contributed by atoms with van der Waals surface area (Å²) in [5, 5.41) is 10.4. The fourth-order valence-electron chi connectivity index (χ4n) is 4.34. The van der Waals surface area contributed by atoms with E-state index in [4.69, 9.17) is 27.8 Å². The Hall–Kier alpha value is -4.24. The van der Waals surface area contributed by atoms with Gasteiger partial charge in [0.1, 0.15) is 19.3 Å².